The fourth-order valence-corrected chi connectivity index (χ4v) is 4.37. The molecule has 0 aliphatic heterocycles. The fourth-order valence-electron chi connectivity index (χ4n) is 1.99. The molecule has 1 aromatic heterocycles. The number of aromatic carboxylic acids is 1. The Labute approximate surface area is 126 Å². The third-order valence-corrected chi connectivity index (χ3v) is 5.88. The lowest BCUT2D eigenvalue weighted by Crippen LogP contribution is -2.28. The fraction of sp³-hybridized carbons (Fsp3) is 0.231. The van der Waals surface area contributed by atoms with Crippen molar-refractivity contribution in [1.29, 1.82) is 0 Å². The van der Waals surface area contributed by atoms with Gasteiger partial charge in [0, 0.05) is 6.04 Å². The molecule has 0 spiro atoms. The summed E-state index contributed by atoms with van der Waals surface area (Å²) >= 11 is 0.784. The normalized spacial score (nSPS) is 13.0. The number of aromatic nitrogens is 1. The summed E-state index contributed by atoms with van der Waals surface area (Å²) in [6, 6.07) is 6.93. The lowest BCUT2D eigenvalue weighted by atomic mass is 10.0. The van der Waals surface area contributed by atoms with Crippen molar-refractivity contribution in [3.63, 3.8) is 0 Å². The number of carboxylic acid groups (broad SMARTS) is 1. The second-order valence-corrected chi connectivity index (χ2v) is 7.26. The van der Waals surface area contributed by atoms with Crippen LogP contribution in [0.4, 0.5) is 0 Å². The first-order valence-electron chi connectivity index (χ1n) is 6.07. The number of carbonyl (C=O) groups is 1. The summed E-state index contributed by atoms with van der Waals surface area (Å²) in [4.78, 5) is 14.6. The molecule has 1 aromatic carbocycles. The van der Waals surface area contributed by atoms with Crippen LogP contribution in [0.2, 0.25) is 0 Å². The van der Waals surface area contributed by atoms with Crippen LogP contribution in [-0.2, 0) is 10.0 Å². The number of nitrogens with zero attached hydrogens (tertiary/aromatic N) is 1. The van der Waals surface area contributed by atoms with Crippen LogP contribution < -0.4 is 4.72 Å². The number of thiazole rings is 1. The average molecular weight is 326 g/mol. The zero-order chi connectivity index (χ0) is 15.6. The molecule has 0 aliphatic carbocycles. The van der Waals surface area contributed by atoms with Gasteiger partial charge in [-0.15, -0.1) is 11.3 Å². The van der Waals surface area contributed by atoms with Gasteiger partial charge >= 0.3 is 5.97 Å². The summed E-state index contributed by atoms with van der Waals surface area (Å²) in [6.45, 7) is 3.59. The van der Waals surface area contributed by atoms with Crippen molar-refractivity contribution in [2.75, 3.05) is 0 Å². The average Bonchev–Trinajstić information content (AvgIpc) is 2.88. The first kappa shape index (κ1) is 15.6. The minimum atomic E-state index is -3.93. The molecule has 2 rings (SSSR count). The van der Waals surface area contributed by atoms with Gasteiger partial charge in [0.2, 0.25) is 0 Å². The Balaban J connectivity index is 2.32. The van der Waals surface area contributed by atoms with Gasteiger partial charge in [0.05, 0.1) is 5.51 Å². The van der Waals surface area contributed by atoms with E-state index in [1.54, 1.807) is 6.92 Å². The Kier molecular flexibility index (Phi) is 4.40. The van der Waals surface area contributed by atoms with E-state index in [1.807, 2.05) is 31.2 Å². The molecule has 6 nitrogen and oxygen atoms in total. The summed E-state index contributed by atoms with van der Waals surface area (Å²) in [5, 5.41) is 8.97. The van der Waals surface area contributed by atoms with Gasteiger partial charge in [-0.25, -0.2) is 22.9 Å². The summed E-state index contributed by atoms with van der Waals surface area (Å²) < 4.78 is 26.8. The summed E-state index contributed by atoms with van der Waals surface area (Å²) in [7, 11) is -3.93. The highest BCUT2D eigenvalue weighted by molar-refractivity contribution is 7.91. The molecule has 0 saturated carbocycles. The minimum Gasteiger partial charge on any atom is -0.476 e. The standard InChI is InChI=1S/C13H14N2O4S2/c1-8-5-3-4-6-10(8)9(2)15-21(18,19)13-11(12(16)17)14-7-20-13/h3-7,9,15H,1-2H3,(H,16,17). The largest absolute Gasteiger partial charge is 0.476 e. The highest BCUT2D eigenvalue weighted by Gasteiger charge is 2.27. The van der Waals surface area contributed by atoms with E-state index >= 15 is 0 Å². The number of rotatable bonds is 5. The van der Waals surface area contributed by atoms with E-state index in [0.29, 0.717) is 0 Å². The van der Waals surface area contributed by atoms with Crippen molar-refractivity contribution in [3.8, 4) is 0 Å². The summed E-state index contributed by atoms with van der Waals surface area (Å²) in [5.74, 6) is -1.36. The van der Waals surface area contributed by atoms with Crippen LogP contribution in [0.15, 0.2) is 34.0 Å². The van der Waals surface area contributed by atoms with Crippen molar-refractivity contribution in [2.24, 2.45) is 0 Å². The molecule has 1 atom stereocenters. The lowest BCUT2D eigenvalue weighted by Gasteiger charge is -2.16. The van der Waals surface area contributed by atoms with E-state index in [1.165, 1.54) is 5.51 Å². The van der Waals surface area contributed by atoms with E-state index in [9.17, 15) is 13.2 Å². The molecular formula is C13H14N2O4S2. The highest BCUT2D eigenvalue weighted by Crippen LogP contribution is 2.24. The van der Waals surface area contributed by atoms with Crippen LogP contribution in [0.1, 0.15) is 34.6 Å². The second-order valence-electron chi connectivity index (χ2n) is 4.49. The van der Waals surface area contributed by atoms with Gasteiger partial charge in [-0.1, -0.05) is 24.3 Å². The van der Waals surface area contributed by atoms with Crippen LogP contribution in [0, 0.1) is 6.92 Å². The number of sulfonamides is 1. The van der Waals surface area contributed by atoms with Crippen LogP contribution in [0.25, 0.3) is 0 Å². The van der Waals surface area contributed by atoms with Gasteiger partial charge in [-0.3, -0.25) is 0 Å². The van der Waals surface area contributed by atoms with Crippen LogP contribution in [-0.4, -0.2) is 24.5 Å². The van der Waals surface area contributed by atoms with Gasteiger partial charge in [0.25, 0.3) is 10.0 Å². The van der Waals surface area contributed by atoms with Crippen LogP contribution in [0.5, 0.6) is 0 Å². The monoisotopic (exact) mass is 326 g/mol. The molecule has 0 radical (unpaired) electrons. The number of nitrogens with one attached hydrogen (secondary N) is 1. The van der Waals surface area contributed by atoms with Gasteiger partial charge < -0.3 is 5.11 Å². The van der Waals surface area contributed by atoms with E-state index in [2.05, 4.69) is 9.71 Å². The highest BCUT2D eigenvalue weighted by atomic mass is 32.2. The first-order chi connectivity index (χ1) is 9.83. The number of carboxylic acids is 1. The molecule has 0 bridgehead atoms. The molecule has 0 fully saturated rings. The topological polar surface area (TPSA) is 96.4 Å². The third kappa shape index (κ3) is 3.29. The van der Waals surface area contributed by atoms with Crippen molar-refractivity contribution >= 4 is 27.3 Å². The van der Waals surface area contributed by atoms with Gasteiger partial charge in [0.15, 0.2) is 9.90 Å². The van der Waals surface area contributed by atoms with Crippen LogP contribution >= 0.6 is 11.3 Å². The molecule has 1 unspecified atom stereocenters. The Hall–Kier alpha value is -1.77. The zero-order valence-electron chi connectivity index (χ0n) is 11.4. The van der Waals surface area contributed by atoms with E-state index < -0.39 is 27.7 Å². The second kappa shape index (κ2) is 5.92. The van der Waals surface area contributed by atoms with Crippen molar-refractivity contribution in [3.05, 3.63) is 46.6 Å². The molecule has 0 saturated heterocycles. The Morgan fingerprint density at radius 2 is 2.05 bits per heavy atom. The van der Waals surface area contributed by atoms with Crippen molar-refractivity contribution < 1.29 is 18.3 Å². The van der Waals surface area contributed by atoms with Crippen LogP contribution in [0.3, 0.4) is 0 Å². The Bertz CT molecular complexity index is 768. The summed E-state index contributed by atoms with van der Waals surface area (Å²) in [5.41, 5.74) is 2.54. The molecule has 2 aromatic rings. The molecule has 8 heteroatoms. The van der Waals surface area contributed by atoms with Gasteiger partial charge in [-0.05, 0) is 25.0 Å². The van der Waals surface area contributed by atoms with Crippen molar-refractivity contribution in [2.45, 2.75) is 24.1 Å². The number of hydrogen-bond acceptors (Lipinski definition) is 5. The van der Waals surface area contributed by atoms with Crippen molar-refractivity contribution in [1.82, 2.24) is 9.71 Å². The lowest BCUT2D eigenvalue weighted by molar-refractivity contribution is 0.0687. The molecule has 112 valence electrons. The predicted octanol–water partition coefficient (Wildman–Crippen LogP) is 2.19. The van der Waals surface area contributed by atoms with E-state index in [0.717, 1.165) is 22.5 Å². The molecule has 0 aliphatic rings. The molecule has 1 heterocycles. The smallest absolute Gasteiger partial charge is 0.356 e. The Morgan fingerprint density at radius 1 is 1.38 bits per heavy atom. The number of aryl methyl sites for hydroxylation is 1. The molecular weight excluding hydrogens is 312 g/mol. The zero-order valence-corrected chi connectivity index (χ0v) is 13.0. The van der Waals surface area contributed by atoms with E-state index in [-0.39, 0.29) is 4.21 Å². The minimum absolute atomic E-state index is 0.282. The molecule has 2 N–H and O–H groups in total. The first-order valence-corrected chi connectivity index (χ1v) is 8.44. The molecule has 21 heavy (non-hydrogen) atoms. The SMILES string of the molecule is Cc1ccccc1C(C)NS(=O)(=O)c1scnc1C(=O)O. The maximum atomic E-state index is 12.3. The third-order valence-electron chi connectivity index (χ3n) is 2.97. The maximum Gasteiger partial charge on any atom is 0.356 e. The summed E-state index contributed by atoms with van der Waals surface area (Å²) in [6.07, 6.45) is 0. The van der Waals surface area contributed by atoms with Gasteiger partial charge in [0.1, 0.15) is 0 Å². The quantitative estimate of drug-likeness (QED) is 0.878. The van der Waals surface area contributed by atoms with E-state index in [4.69, 9.17) is 5.11 Å². The molecule has 0 amide bonds. The Morgan fingerprint density at radius 3 is 2.67 bits per heavy atom. The number of hydrogen-bond donors (Lipinski definition) is 2. The predicted molar refractivity (Wildman–Crippen MR) is 79.0 cm³/mol. The van der Waals surface area contributed by atoms with Gasteiger partial charge in [-0.2, -0.15) is 0 Å². The number of benzene rings is 1. The maximum absolute atomic E-state index is 12.3.